The summed E-state index contributed by atoms with van der Waals surface area (Å²) in [6.45, 7) is 26.2. The van der Waals surface area contributed by atoms with Crippen LogP contribution in [0, 0.1) is 69.2 Å². The van der Waals surface area contributed by atoms with Crippen LogP contribution in [0.2, 0.25) is 0 Å². The molecule has 0 radical (unpaired) electrons. The maximum absolute atomic E-state index is 2.32. The molecule has 0 unspecified atom stereocenters. The van der Waals surface area contributed by atoms with Gasteiger partial charge in [-0.15, -0.1) is 0 Å². The maximum atomic E-state index is 2.32. The SMILES string of the molecule is CC.Cc1c(C)c(C)c(-c2ccccc2)c(C)c1C.Cc1cc2c(C)c(C)ccc2c(C)c1C. The summed E-state index contributed by atoms with van der Waals surface area (Å²) in [6, 6.07) is 17.5. The summed E-state index contributed by atoms with van der Waals surface area (Å²) in [5.74, 6) is 0. The third-order valence-electron chi connectivity index (χ3n) is 7.77. The van der Waals surface area contributed by atoms with E-state index in [9.17, 15) is 0 Å². The first-order valence-electron chi connectivity index (χ1n) is 12.6. The normalized spacial score (nSPS) is 10.4. The van der Waals surface area contributed by atoms with Crippen molar-refractivity contribution in [1.29, 1.82) is 0 Å². The largest absolute Gasteiger partial charge is 0.0683 e. The van der Waals surface area contributed by atoms with E-state index in [0.29, 0.717) is 0 Å². The topological polar surface area (TPSA) is 0 Å². The monoisotopic (exact) mass is 452 g/mol. The van der Waals surface area contributed by atoms with Gasteiger partial charge < -0.3 is 0 Å². The molecule has 0 fully saturated rings. The van der Waals surface area contributed by atoms with E-state index in [1.54, 1.807) is 0 Å². The van der Waals surface area contributed by atoms with Crippen LogP contribution in [0.1, 0.15) is 69.5 Å². The molecule has 0 aromatic heterocycles. The second-order valence-electron chi connectivity index (χ2n) is 9.41. The van der Waals surface area contributed by atoms with Crippen molar-refractivity contribution in [1.82, 2.24) is 0 Å². The van der Waals surface area contributed by atoms with Crippen LogP contribution in [0.3, 0.4) is 0 Å². The van der Waals surface area contributed by atoms with Crippen molar-refractivity contribution < 1.29 is 0 Å². The number of rotatable bonds is 1. The molecule has 0 aliphatic rings. The van der Waals surface area contributed by atoms with Crippen LogP contribution in [-0.2, 0) is 0 Å². The average molecular weight is 453 g/mol. The molecule has 0 heteroatoms. The maximum Gasteiger partial charge on any atom is -0.0120 e. The van der Waals surface area contributed by atoms with Crippen LogP contribution in [0.15, 0.2) is 48.5 Å². The standard InChI is InChI=1S/C17H20.C15H18.C2H6/c1-11-12(2)14(4)17(15(5)13(11)3)16-9-7-6-8-10-16;1-9-6-7-14-13(5)11(3)10(2)8-15(14)12(9)4;1-2/h6-10H,1-5H3;6-8H,1-5H3;1-2H3. The smallest absolute Gasteiger partial charge is 0.0120 e. The molecule has 0 nitrogen and oxygen atoms in total. The Morgan fingerprint density at radius 1 is 0.382 bits per heavy atom. The molecule has 0 heterocycles. The van der Waals surface area contributed by atoms with Crippen molar-refractivity contribution in [3.05, 3.63) is 104 Å². The molecule has 0 aliphatic carbocycles. The predicted octanol–water partition coefficient (Wildman–Crippen LogP) is 10.3. The molecule has 0 N–H and O–H groups in total. The third kappa shape index (κ3) is 5.27. The van der Waals surface area contributed by atoms with E-state index in [-0.39, 0.29) is 0 Å². The Bertz CT molecular complexity index is 1260. The number of fused-ring (bicyclic) bond motifs is 1. The molecule has 0 aliphatic heterocycles. The van der Waals surface area contributed by atoms with Gasteiger partial charge in [-0.05, 0) is 147 Å². The Hall–Kier alpha value is -2.86. The molecular weight excluding hydrogens is 408 g/mol. The van der Waals surface area contributed by atoms with E-state index in [1.165, 1.54) is 77.5 Å². The van der Waals surface area contributed by atoms with Gasteiger partial charge in [-0.1, -0.05) is 62.4 Å². The van der Waals surface area contributed by atoms with Gasteiger partial charge in [0.2, 0.25) is 0 Å². The molecular formula is C34H44. The average Bonchev–Trinajstić information content (AvgIpc) is 2.85. The highest BCUT2D eigenvalue weighted by atomic mass is 14.2. The predicted molar refractivity (Wildman–Crippen MR) is 155 cm³/mol. The summed E-state index contributed by atoms with van der Waals surface area (Å²) in [4.78, 5) is 0. The minimum absolute atomic E-state index is 1.33. The van der Waals surface area contributed by atoms with E-state index in [0.717, 1.165) is 0 Å². The summed E-state index contributed by atoms with van der Waals surface area (Å²) in [7, 11) is 0. The van der Waals surface area contributed by atoms with Gasteiger partial charge in [0.25, 0.3) is 0 Å². The minimum atomic E-state index is 1.33. The second-order valence-corrected chi connectivity index (χ2v) is 9.41. The zero-order chi connectivity index (χ0) is 25.7. The van der Waals surface area contributed by atoms with Gasteiger partial charge in [0.05, 0.1) is 0 Å². The van der Waals surface area contributed by atoms with Crippen molar-refractivity contribution in [2.24, 2.45) is 0 Å². The van der Waals surface area contributed by atoms with Gasteiger partial charge in [-0.2, -0.15) is 0 Å². The molecule has 4 aromatic rings. The van der Waals surface area contributed by atoms with Gasteiger partial charge in [0.1, 0.15) is 0 Å². The zero-order valence-corrected chi connectivity index (χ0v) is 23.6. The summed E-state index contributed by atoms with van der Waals surface area (Å²) in [6.07, 6.45) is 0. The molecule has 4 rings (SSSR count). The van der Waals surface area contributed by atoms with Crippen LogP contribution in [-0.4, -0.2) is 0 Å². The quantitative estimate of drug-likeness (QED) is 0.269. The van der Waals surface area contributed by atoms with Crippen molar-refractivity contribution in [2.75, 3.05) is 0 Å². The molecule has 0 saturated heterocycles. The molecule has 0 atom stereocenters. The van der Waals surface area contributed by atoms with Crippen LogP contribution < -0.4 is 0 Å². The molecule has 0 saturated carbocycles. The van der Waals surface area contributed by atoms with E-state index in [1.807, 2.05) is 13.8 Å². The fraction of sp³-hybridized carbons (Fsp3) is 0.353. The van der Waals surface area contributed by atoms with E-state index in [4.69, 9.17) is 0 Å². The van der Waals surface area contributed by atoms with Crippen LogP contribution in [0.4, 0.5) is 0 Å². The van der Waals surface area contributed by atoms with E-state index >= 15 is 0 Å². The van der Waals surface area contributed by atoms with Gasteiger partial charge in [0, 0.05) is 0 Å². The summed E-state index contributed by atoms with van der Waals surface area (Å²) < 4.78 is 0. The first-order chi connectivity index (χ1) is 16.1. The van der Waals surface area contributed by atoms with Crippen LogP contribution in [0.25, 0.3) is 21.9 Å². The Labute approximate surface area is 209 Å². The number of hydrogen-bond acceptors (Lipinski definition) is 0. The Balaban J connectivity index is 0.000000225. The molecule has 4 aromatic carbocycles. The van der Waals surface area contributed by atoms with Gasteiger partial charge in [-0.25, -0.2) is 0 Å². The summed E-state index contributed by atoms with van der Waals surface area (Å²) >= 11 is 0. The lowest BCUT2D eigenvalue weighted by Crippen LogP contribution is -1.99. The Morgan fingerprint density at radius 2 is 0.882 bits per heavy atom. The highest BCUT2D eigenvalue weighted by molar-refractivity contribution is 5.91. The van der Waals surface area contributed by atoms with Crippen LogP contribution >= 0.6 is 0 Å². The lowest BCUT2D eigenvalue weighted by Gasteiger charge is -2.18. The summed E-state index contributed by atoms with van der Waals surface area (Å²) in [5, 5.41) is 2.82. The van der Waals surface area contributed by atoms with E-state index in [2.05, 4.69) is 118 Å². The second kappa shape index (κ2) is 11.5. The van der Waals surface area contributed by atoms with Crippen molar-refractivity contribution >= 4 is 10.8 Å². The first-order valence-corrected chi connectivity index (χ1v) is 12.6. The van der Waals surface area contributed by atoms with Crippen molar-refractivity contribution in [2.45, 2.75) is 83.1 Å². The van der Waals surface area contributed by atoms with Gasteiger partial charge in [0.15, 0.2) is 0 Å². The first kappa shape index (κ1) is 27.4. The lowest BCUT2D eigenvalue weighted by atomic mass is 9.86. The lowest BCUT2D eigenvalue weighted by molar-refractivity contribution is 1.18. The fourth-order valence-corrected chi connectivity index (χ4v) is 4.71. The van der Waals surface area contributed by atoms with Crippen molar-refractivity contribution in [3.8, 4) is 11.1 Å². The number of hydrogen-bond donors (Lipinski definition) is 0. The number of aryl methyl sites for hydroxylation is 4. The highest BCUT2D eigenvalue weighted by Crippen LogP contribution is 2.33. The fourth-order valence-electron chi connectivity index (χ4n) is 4.71. The van der Waals surface area contributed by atoms with E-state index < -0.39 is 0 Å². The number of benzene rings is 4. The molecule has 0 amide bonds. The van der Waals surface area contributed by atoms with Crippen molar-refractivity contribution in [3.63, 3.8) is 0 Å². The van der Waals surface area contributed by atoms with Crippen LogP contribution in [0.5, 0.6) is 0 Å². The molecule has 180 valence electrons. The Morgan fingerprint density at radius 3 is 1.41 bits per heavy atom. The summed E-state index contributed by atoms with van der Waals surface area (Å²) in [5.41, 5.74) is 16.9. The minimum Gasteiger partial charge on any atom is -0.0683 e. The molecule has 0 spiro atoms. The third-order valence-corrected chi connectivity index (χ3v) is 7.77. The highest BCUT2D eigenvalue weighted by Gasteiger charge is 2.13. The molecule has 34 heavy (non-hydrogen) atoms. The van der Waals surface area contributed by atoms with Gasteiger partial charge in [-0.3, -0.25) is 0 Å². The molecule has 0 bridgehead atoms. The zero-order valence-electron chi connectivity index (χ0n) is 23.6. The Kier molecular flexibility index (Phi) is 9.28. The van der Waals surface area contributed by atoms with Gasteiger partial charge >= 0.3 is 0 Å².